The Morgan fingerprint density at radius 3 is 1.38 bits per heavy atom. The van der Waals surface area contributed by atoms with E-state index in [1.165, 1.54) is 43.6 Å². The summed E-state index contributed by atoms with van der Waals surface area (Å²) in [5, 5.41) is 8.18. The van der Waals surface area contributed by atoms with Crippen LogP contribution in [0.15, 0.2) is 215 Å². The molecule has 12 aromatic rings. The molecular weight excluding hydrogens is 709 g/mol. The highest BCUT2D eigenvalue weighted by atomic mass is 16.3. The molecule has 4 nitrogen and oxygen atoms in total. The number of benzene rings is 8. The molecule has 8 aromatic carbocycles. The summed E-state index contributed by atoms with van der Waals surface area (Å²) >= 11 is 0. The topological polar surface area (TPSA) is 36.1 Å². The van der Waals surface area contributed by atoms with Crippen molar-refractivity contribution in [2.24, 2.45) is 0 Å². The predicted molar refractivity (Wildman–Crippen MR) is 241 cm³/mol. The van der Waals surface area contributed by atoms with Gasteiger partial charge in [-0.15, -0.1) is 0 Å². The summed E-state index contributed by atoms with van der Waals surface area (Å²) in [6, 6.07) is 71.1. The van der Waals surface area contributed by atoms with Crippen molar-refractivity contribution < 1.29 is 8.83 Å². The minimum absolute atomic E-state index is 0.808. The molecular formula is C54H34N2O2. The molecule has 0 aliphatic carbocycles. The Hall–Kier alpha value is -7.82. The van der Waals surface area contributed by atoms with Gasteiger partial charge in [-0.25, -0.2) is 0 Å². The smallest absolute Gasteiger partial charge is 0.135 e. The first kappa shape index (κ1) is 32.4. The van der Waals surface area contributed by atoms with Gasteiger partial charge in [0.2, 0.25) is 0 Å². The Balaban J connectivity index is 0.947. The highest BCUT2D eigenvalue weighted by molar-refractivity contribution is 6.11. The van der Waals surface area contributed by atoms with Crippen molar-refractivity contribution in [3.8, 4) is 33.6 Å². The second kappa shape index (κ2) is 12.9. The van der Waals surface area contributed by atoms with E-state index in [-0.39, 0.29) is 0 Å². The molecule has 0 saturated carbocycles. The van der Waals surface area contributed by atoms with E-state index in [9.17, 15) is 0 Å². The van der Waals surface area contributed by atoms with Crippen molar-refractivity contribution in [3.63, 3.8) is 0 Å². The van der Waals surface area contributed by atoms with Crippen LogP contribution in [0.3, 0.4) is 0 Å². The van der Waals surface area contributed by atoms with Crippen LogP contribution in [0.2, 0.25) is 0 Å². The monoisotopic (exact) mass is 742 g/mol. The first-order chi connectivity index (χ1) is 28.7. The van der Waals surface area contributed by atoms with Crippen molar-refractivity contribution in [1.82, 2.24) is 9.13 Å². The van der Waals surface area contributed by atoms with Crippen molar-refractivity contribution in [1.29, 1.82) is 0 Å². The molecule has 4 aromatic heterocycles. The molecule has 58 heavy (non-hydrogen) atoms. The Bertz CT molecular complexity index is 3520. The third kappa shape index (κ3) is 5.09. The van der Waals surface area contributed by atoms with Crippen LogP contribution in [0.25, 0.3) is 110 Å². The normalized spacial score (nSPS) is 11.8. The van der Waals surface area contributed by atoms with Gasteiger partial charge in [0.25, 0.3) is 0 Å². The lowest BCUT2D eigenvalue weighted by Gasteiger charge is -2.08. The van der Waals surface area contributed by atoms with E-state index in [0.717, 1.165) is 66.5 Å². The van der Waals surface area contributed by atoms with Crippen molar-refractivity contribution in [2.75, 3.05) is 0 Å². The standard InChI is InChI=1S/C54H34N2O2/c1-5-18-48-42(14-1)43-15-2-6-19-49(43)55(48)40-25-28-52-39(32-40)23-22-35(13-10-30-57-52)36-11-9-12-37(31-36)38-24-27-53-46(33-38)47-34-41(26-29-54(47)58-53)56-50-20-7-3-16-44(50)45-17-4-8-21-51(45)56/h1-34H. The molecule has 0 aliphatic rings. The van der Waals surface area contributed by atoms with Gasteiger partial charge in [0.05, 0.1) is 28.3 Å². The minimum Gasteiger partial charge on any atom is -0.464 e. The maximum atomic E-state index is 6.40. The summed E-state index contributed by atoms with van der Waals surface area (Å²) in [5.41, 5.74) is 14.0. The summed E-state index contributed by atoms with van der Waals surface area (Å²) in [6.07, 6.45) is 1.77. The summed E-state index contributed by atoms with van der Waals surface area (Å²) in [6.45, 7) is 0. The lowest BCUT2D eigenvalue weighted by Crippen LogP contribution is -1.93. The summed E-state index contributed by atoms with van der Waals surface area (Å²) in [4.78, 5) is 0. The number of aromatic nitrogens is 2. The Kier molecular flexibility index (Phi) is 7.20. The van der Waals surface area contributed by atoms with Crippen LogP contribution in [0.4, 0.5) is 0 Å². The van der Waals surface area contributed by atoms with Crippen LogP contribution in [0.1, 0.15) is 0 Å². The third-order valence-electron chi connectivity index (χ3n) is 11.6. The number of furan rings is 1. The summed E-state index contributed by atoms with van der Waals surface area (Å²) in [5.74, 6) is 0. The van der Waals surface area contributed by atoms with E-state index < -0.39 is 0 Å². The number of para-hydroxylation sites is 4. The second-order valence-electron chi connectivity index (χ2n) is 14.9. The molecule has 12 rings (SSSR count). The summed E-state index contributed by atoms with van der Waals surface area (Å²) in [7, 11) is 0. The van der Waals surface area contributed by atoms with Crippen molar-refractivity contribution >= 4 is 76.5 Å². The van der Waals surface area contributed by atoms with Crippen LogP contribution >= 0.6 is 0 Å². The highest BCUT2D eigenvalue weighted by Crippen LogP contribution is 2.38. The predicted octanol–water partition coefficient (Wildman–Crippen LogP) is 15.0. The zero-order valence-corrected chi connectivity index (χ0v) is 31.3. The zero-order valence-electron chi connectivity index (χ0n) is 31.3. The van der Waals surface area contributed by atoms with E-state index >= 15 is 0 Å². The molecule has 4 heteroatoms. The molecule has 0 fully saturated rings. The highest BCUT2D eigenvalue weighted by Gasteiger charge is 2.16. The SMILES string of the molecule is c1coc2ccc(-n3c4ccccc4c4ccccc43)cc2ccc(-c2cccc(-c3ccc4oc5ccc(-n6c7ccccc7c7ccccc76)cc5c4c3)c2)c1. The number of rotatable bonds is 4. The second-order valence-corrected chi connectivity index (χ2v) is 14.9. The number of hydrogen-bond donors (Lipinski definition) is 0. The van der Waals surface area contributed by atoms with Gasteiger partial charge in [0.15, 0.2) is 0 Å². The van der Waals surface area contributed by atoms with E-state index in [1.54, 1.807) is 6.26 Å². The number of fused-ring (bicyclic) bond motifs is 10. The lowest BCUT2D eigenvalue weighted by molar-refractivity contribution is 0.606. The van der Waals surface area contributed by atoms with Gasteiger partial charge in [-0.2, -0.15) is 0 Å². The number of nitrogens with zero attached hydrogens (tertiary/aromatic N) is 2. The quantitative estimate of drug-likeness (QED) is 0.180. The van der Waals surface area contributed by atoms with Crippen LogP contribution in [0.5, 0.6) is 0 Å². The third-order valence-corrected chi connectivity index (χ3v) is 11.6. The fourth-order valence-electron chi connectivity index (χ4n) is 8.96. The van der Waals surface area contributed by atoms with Crippen molar-refractivity contribution in [3.05, 3.63) is 206 Å². The Morgan fingerprint density at radius 2 is 0.759 bits per heavy atom. The fourth-order valence-corrected chi connectivity index (χ4v) is 8.96. The molecule has 0 radical (unpaired) electrons. The van der Waals surface area contributed by atoms with Crippen LogP contribution < -0.4 is 0 Å². The Labute approximate surface area is 333 Å². The average molecular weight is 743 g/mol. The number of hydrogen-bond acceptors (Lipinski definition) is 2. The Morgan fingerprint density at radius 1 is 0.293 bits per heavy atom. The maximum absolute atomic E-state index is 6.40. The molecule has 0 bridgehead atoms. The molecule has 4 heterocycles. The largest absolute Gasteiger partial charge is 0.464 e. The molecule has 0 unspecified atom stereocenters. The average Bonchev–Trinajstić information content (AvgIpc) is 3.95. The van der Waals surface area contributed by atoms with Gasteiger partial charge in [-0.3, -0.25) is 0 Å². The molecule has 0 aliphatic heterocycles. The lowest BCUT2D eigenvalue weighted by atomic mass is 9.98. The van der Waals surface area contributed by atoms with Crippen LogP contribution in [0, 0.1) is 0 Å². The van der Waals surface area contributed by atoms with Crippen LogP contribution in [-0.4, -0.2) is 9.13 Å². The van der Waals surface area contributed by atoms with Gasteiger partial charge < -0.3 is 18.0 Å². The molecule has 0 amide bonds. The first-order valence-electron chi connectivity index (χ1n) is 19.7. The van der Waals surface area contributed by atoms with Gasteiger partial charge in [0, 0.05) is 49.1 Å². The van der Waals surface area contributed by atoms with E-state index in [1.807, 2.05) is 6.07 Å². The molecule has 272 valence electrons. The van der Waals surface area contributed by atoms with Gasteiger partial charge in [0.1, 0.15) is 16.7 Å². The fraction of sp³-hybridized carbons (Fsp3) is 0. The molecule has 0 atom stereocenters. The van der Waals surface area contributed by atoms with E-state index in [4.69, 9.17) is 8.83 Å². The molecule has 0 saturated heterocycles. The molecule has 0 spiro atoms. The van der Waals surface area contributed by atoms with Crippen molar-refractivity contribution in [2.45, 2.75) is 0 Å². The first-order valence-corrected chi connectivity index (χ1v) is 19.7. The van der Waals surface area contributed by atoms with Crippen LogP contribution in [-0.2, 0) is 0 Å². The zero-order chi connectivity index (χ0) is 38.2. The van der Waals surface area contributed by atoms with E-state index in [2.05, 4.69) is 203 Å². The van der Waals surface area contributed by atoms with Gasteiger partial charge in [-0.05, 0) is 107 Å². The minimum atomic E-state index is 0.808. The summed E-state index contributed by atoms with van der Waals surface area (Å²) < 4.78 is 17.3. The maximum Gasteiger partial charge on any atom is 0.135 e. The van der Waals surface area contributed by atoms with E-state index in [0.29, 0.717) is 0 Å². The van der Waals surface area contributed by atoms with Gasteiger partial charge in [-0.1, -0.05) is 115 Å². The van der Waals surface area contributed by atoms with Gasteiger partial charge >= 0.3 is 0 Å². The molecule has 0 N–H and O–H groups in total.